The van der Waals surface area contributed by atoms with Gasteiger partial charge in [-0.3, -0.25) is 14.4 Å². The Balaban J connectivity index is 1.54. The van der Waals surface area contributed by atoms with E-state index in [1.807, 2.05) is 7.05 Å². The molecule has 2 aliphatic heterocycles. The largest absolute Gasteiger partial charge is 0.392 e. The van der Waals surface area contributed by atoms with Crippen LogP contribution < -0.4 is 0 Å². The lowest BCUT2D eigenvalue weighted by atomic mass is 10.2. The van der Waals surface area contributed by atoms with E-state index in [1.54, 1.807) is 29.0 Å². The maximum absolute atomic E-state index is 12.6. The molecule has 0 aromatic carbocycles. The molecule has 24 heavy (non-hydrogen) atoms. The van der Waals surface area contributed by atoms with Crippen LogP contribution in [-0.2, 0) is 20.1 Å². The van der Waals surface area contributed by atoms with Crippen LogP contribution in [0.5, 0.6) is 0 Å². The lowest BCUT2D eigenvalue weighted by Gasteiger charge is -2.29. The SMILES string of the molecule is CN1C[C@H](O)C[C@H]1c1nnc2n1CCN(C(=O)c1cnn(C)c1)C2. The van der Waals surface area contributed by atoms with Gasteiger partial charge in [0.2, 0.25) is 0 Å². The zero-order valence-electron chi connectivity index (χ0n) is 13.8. The number of aryl methyl sites for hydroxylation is 1. The highest BCUT2D eigenvalue weighted by molar-refractivity contribution is 5.93. The molecule has 1 saturated heterocycles. The van der Waals surface area contributed by atoms with E-state index >= 15 is 0 Å². The third-order valence-corrected chi connectivity index (χ3v) is 4.85. The van der Waals surface area contributed by atoms with Gasteiger partial charge in [-0.1, -0.05) is 0 Å². The Hall–Kier alpha value is -2.26. The second kappa shape index (κ2) is 5.67. The Kier molecular flexibility index (Phi) is 3.61. The van der Waals surface area contributed by atoms with Crippen LogP contribution in [0.2, 0.25) is 0 Å². The van der Waals surface area contributed by atoms with Crippen LogP contribution >= 0.6 is 0 Å². The number of hydrogen-bond donors (Lipinski definition) is 1. The molecule has 0 radical (unpaired) electrons. The Bertz CT molecular complexity index is 768. The van der Waals surface area contributed by atoms with E-state index in [0.717, 1.165) is 11.6 Å². The molecule has 0 bridgehead atoms. The van der Waals surface area contributed by atoms with E-state index in [1.165, 1.54) is 0 Å². The van der Waals surface area contributed by atoms with Crippen molar-refractivity contribution in [2.75, 3.05) is 20.1 Å². The van der Waals surface area contributed by atoms with Crippen LogP contribution in [0.4, 0.5) is 0 Å². The fraction of sp³-hybridized carbons (Fsp3) is 0.600. The summed E-state index contributed by atoms with van der Waals surface area (Å²) < 4.78 is 3.71. The first kappa shape index (κ1) is 15.3. The van der Waals surface area contributed by atoms with E-state index < -0.39 is 0 Å². The number of β-amino-alcohol motifs (C(OH)–C–C–N with tert-alkyl or cyclic N) is 1. The molecule has 4 heterocycles. The summed E-state index contributed by atoms with van der Waals surface area (Å²) in [6.07, 6.45) is 3.66. The number of hydrogen-bond acceptors (Lipinski definition) is 6. The van der Waals surface area contributed by atoms with Gasteiger partial charge in [0, 0.05) is 32.9 Å². The van der Waals surface area contributed by atoms with Crippen molar-refractivity contribution < 1.29 is 9.90 Å². The summed E-state index contributed by atoms with van der Waals surface area (Å²) >= 11 is 0. The van der Waals surface area contributed by atoms with E-state index in [4.69, 9.17) is 0 Å². The number of amides is 1. The predicted octanol–water partition coefficient (Wildman–Crippen LogP) is -0.595. The molecular weight excluding hydrogens is 310 g/mol. The minimum absolute atomic E-state index is 0.0349. The Morgan fingerprint density at radius 2 is 2.12 bits per heavy atom. The molecule has 2 aliphatic rings. The third kappa shape index (κ3) is 2.49. The minimum Gasteiger partial charge on any atom is -0.392 e. The summed E-state index contributed by atoms with van der Waals surface area (Å²) in [6, 6.07) is 0.0850. The van der Waals surface area contributed by atoms with Crippen molar-refractivity contribution in [3.05, 3.63) is 29.6 Å². The first-order valence-electron chi connectivity index (χ1n) is 8.11. The van der Waals surface area contributed by atoms with Gasteiger partial charge in [-0.2, -0.15) is 5.10 Å². The molecule has 128 valence electrons. The molecule has 2 atom stereocenters. The van der Waals surface area contributed by atoms with Crippen LogP contribution in [0.1, 0.15) is 34.5 Å². The van der Waals surface area contributed by atoms with Gasteiger partial charge >= 0.3 is 0 Å². The van der Waals surface area contributed by atoms with Gasteiger partial charge in [0.25, 0.3) is 5.91 Å². The standard InChI is InChI=1S/C15H21N7O2/c1-19-8-11(23)5-12(19)14-18-17-13-9-21(3-4-22(13)14)15(24)10-6-16-20(2)7-10/h6-7,11-12,23H,3-5,8-9H2,1-2H3/t11-,12+/m1/s1. The quantitative estimate of drug-likeness (QED) is 0.790. The van der Waals surface area contributed by atoms with Crippen molar-refractivity contribution in [3.63, 3.8) is 0 Å². The number of aliphatic hydroxyl groups excluding tert-OH is 1. The number of aromatic nitrogens is 5. The molecule has 2 aromatic heterocycles. The lowest BCUT2D eigenvalue weighted by molar-refractivity contribution is 0.0705. The molecule has 0 saturated carbocycles. The monoisotopic (exact) mass is 331 g/mol. The summed E-state index contributed by atoms with van der Waals surface area (Å²) in [4.78, 5) is 16.4. The van der Waals surface area contributed by atoms with Crippen LogP contribution in [-0.4, -0.2) is 71.6 Å². The van der Waals surface area contributed by atoms with Gasteiger partial charge in [-0.15, -0.1) is 10.2 Å². The molecule has 9 heteroatoms. The fourth-order valence-corrected chi connectivity index (χ4v) is 3.59. The van der Waals surface area contributed by atoms with Gasteiger partial charge in [-0.25, -0.2) is 0 Å². The van der Waals surface area contributed by atoms with Crippen LogP contribution in [0, 0.1) is 0 Å². The smallest absolute Gasteiger partial charge is 0.257 e. The summed E-state index contributed by atoms with van der Waals surface area (Å²) in [5.74, 6) is 1.65. The number of fused-ring (bicyclic) bond motifs is 1. The number of likely N-dealkylation sites (N-methyl/N-ethyl adjacent to an activating group) is 1. The molecule has 0 unspecified atom stereocenters. The zero-order valence-corrected chi connectivity index (χ0v) is 13.8. The highest BCUT2D eigenvalue weighted by atomic mass is 16.3. The van der Waals surface area contributed by atoms with Gasteiger partial charge in [0.05, 0.1) is 30.5 Å². The molecule has 2 aromatic rings. The highest BCUT2D eigenvalue weighted by Gasteiger charge is 2.35. The van der Waals surface area contributed by atoms with Crippen molar-refractivity contribution in [3.8, 4) is 0 Å². The number of carbonyl (C=O) groups excluding carboxylic acids is 1. The molecule has 9 nitrogen and oxygen atoms in total. The minimum atomic E-state index is -0.319. The van der Waals surface area contributed by atoms with Crippen LogP contribution in [0.3, 0.4) is 0 Å². The van der Waals surface area contributed by atoms with Gasteiger partial charge in [-0.05, 0) is 13.5 Å². The summed E-state index contributed by atoms with van der Waals surface area (Å²) in [6.45, 7) is 2.38. The van der Waals surface area contributed by atoms with Gasteiger partial charge in [0.15, 0.2) is 11.6 Å². The van der Waals surface area contributed by atoms with Crippen molar-refractivity contribution in [2.24, 2.45) is 7.05 Å². The predicted molar refractivity (Wildman–Crippen MR) is 84.0 cm³/mol. The number of aliphatic hydroxyl groups is 1. The van der Waals surface area contributed by atoms with Crippen molar-refractivity contribution in [1.29, 1.82) is 0 Å². The van der Waals surface area contributed by atoms with Gasteiger partial charge < -0.3 is 14.6 Å². The zero-order chi connectivity index (χ0) is 16.8. The molecule has 1 N–H and O–H groups in total. The van der Waals surface area contributed by atoms with Crippen molar-refractivity contribution in [2.45, 2.75) is 31.7 Å². The van der Waals surface area contributed by atoms with Crippen molar-refractivity contribution >= 4 is 5.91 Å². The summed E-state index contributed by atoms with van der Waals surface area (Å²) in [5, 5.41) is 22.5. The normalized spacial score (nSPS) is 24.4. The second-order valence-corrected chi connectivity index (χ2v) is 6.60. The van der Waals surface area contributed by atoms with Crippen LogP contribution in [0.25, 0.3) is 0 Å². The Morgan fingerprint density at radius 1 is 1.29 bits per heavy atom. The molecule has 1 amide bonds. The van der Waals surface area contributed by atoms with Crippen LogP contribution in [0.15, 0.2) is 12.4 Å². The van der Waals surface area contributed by atoms with E-state index in [9.17, 15) is 9.90 Å². The summed E-state index contributed by atoms with van der Waals surface area (Å²) in [7, 11) is 3.78. The third-order valence-electron chi connectivity index (χ3n) is 4.85. The Morgan fingerprint density at radius 3 is 2.79 bits per heavy atom. The molecule has 0 spiro atoms. The number of likely N-dealkylation sites (tertiary alicyclic amines) is 1. The lowest BCUT2D eigenvalue weighted by Crippen LogP contribution is -2.39. The van der Waals surface area contributed by atoms with E-state index in [2.05, 4.69) is 24.8 Å². The molecular formula is C15H21N7O2. The maximum atomic E-state index is 12.6. The fourth-order valence-electron chi connectivity index (χ4n) is 3.59. The maximum Gasteiger partial charge on any atom is 0.257 e. The number of carbonyl (C=O) groups is 1. The molecule has 1 fully saturated rings. The highest BCUT2D eigenvalue weighted by Crippen LogP contribution is 2.30. The number of rotatable bonds is 2. The summed E-state index contributed by atoms with van der Waals surface area (Å²) in [5.41, 5.74) is 0.587. The first-order valence-corrected chi connectivity index (χ1v) is 8.11. The van der Waals surface area contributed by atoms with E-state index in [-0.39, 0.29) is 18.1 Å². The Labute approximate surface area is 139 Å². The average Bonchev–Trinajstić information content (AvgIpc) is 3.24. The van der Waals surface area contributed by atoms with E-state index in [0.29, 0.717) is 38.2 Å². The first-order chi connectivity index (χ1) is 11.5. The second-order valence-electron chi connectivity index (χ2n) is 6.60. The molecule has 0 aliphatic carbocycles. The number of nitrogens with zero attached hydrogens (tertiary/aromatic N) is 7. The topological polar surface area (TPSA) is 92.3 Å². The van der Waals surface area contributed by atoms with Gasteiger partial charge in [0.1, 0.15) is 0 Å². The molecule has 4 rings (SSSR count). The van der Waals surface area contributed by atoms with Crippen molar-refractivity contribution in [1.82, 2.24) is 34.3 Å². The average molecular weight is 331 g/mol.